The maximum absolute atomic E-state index is 5.54. The van der Waals surface area contributed by atoms with Crippen molar-refractivity contribution in [2.24, 2.45) is 11.8 Å². The first-order valence-corrected chi connectivity index (χ1v) is 7.75. The summed E-state index contributed by atoms with van der Waals surface area (Å²) in [4.78, 5) is 1.44. The first-order valence-electron chi connectivity index (χ1n) is 6.14. The number of rotatable bonds is 3. The molecule has 2 rings (SSSR count). The summed E-state index contributed by atoms with van der Waals surface area (Å²) in [6.45, 7) is 6.25. The van der Waals surface area contributed by atoms with Gasteiger partial charge >= 0.3 is 0 Å². The summed E-state index contributed by atoms with van der Waals surface area (Å²) in [6.07, 6.45) is 1.15. The molecule has 0 bridgehead atoms. The lowest BCUT2D eigenvalue weighted by Gasteiger charge is -2.34. The van der Waals surface area contributed by atoms with Gasteiger partial charge in [-0.25, -0.2) is 0 Å². The van der Waals surface area contributed by atoms with Gasteiger partial charge in [-0.15, -0.1) is 11.3 Å². The molecule has 3 unspecified atom stereocenters. The van der Waals surface area contributed by atoms with E-state index in [0.29, 0.717) is 17.9 Å². The average Bonchev–Trinajstić information content (AvgIpc) is 2.63. The van der Waals surface area contributed by atoms with E-state index in [-0.39, 0.29) is 0 Å². The van der Waals surface area contributed by atoms with Crippen LogP contribution >= 0.6 is 27.3 Å². The third-order valence-corrected chi connectivity index (χ3v) is 5.85. The zero-order valence-corrected chi connectivity index (χ0v) is 13.0. The second kappa shape index (κ2) is 5.83. The largest absolute Gasteiger partial charge is 0.381 e. The summed E-state index contributed by atoms with van der Waals surface area (Å²) in [7, 11) is 2.07. The van der Waals surface area contributed by atoms with Gasteiger partial charge in [0.05, 0.1) is 3.79 Å². The summed E-state index contributed by atoms with van der Waals surface area (Å²) >= 11 is 5.47. The molecular weight excluding hydrogens is 298 g/mol. The summed E-state index contributed by atoms with van der Waals surface area (Å²) in [5.41, 5.74) is 1.34. The van der Waals surface area contributed by atoms with Crippen LogP contribution in [0.15, 0.2) is 9.85 Å². The first kappa shape index (κ1) is 13.5. The number of aryl methyl sites for hydroxylation is 1. The van der Waals surface area contributed by atoms with E-state index >= 15 is 0 Å². The molecule has 2 heterocycles. The lowest BCUT2D eigenvalue weighted by Crippen LogP contribution is -2.35. The van der Waals surface area contributed by atoms with Crippen molar-refractivity contribution in [3.05, 3.63) is 20.3 Å². The molecular formula is C13H20BrNOS. The van der Waals surface area contributed by atoms with Gasteiger partial charge in [-0.3, -0.25) is 0 Å². The van der Waals surface area contributed by atoms with Gasteiger partial charge in [0.1, 0.15) is 0 Å². The van der Waals surface area contributed by atoms with Crippen LogP contribution in [0, 0.1) is 18.8 Å². The molecule has 0 amide bonds. The Balaban J connectivity index is 2.20. The van der Waals surface area contributed by atoms with E-state index in [4.69, 9.17) is 4.74 Å². The molecule has 1 aliphatic rings. The molecule has 1 aromatic heterocycles. The van der Waals surface area contributed by atoms with Crippen LogP contribution in [0.5, 0.6) is 0 Å². The van der Waals surface area contributed by atoms with E-state index in [1.807, 2.05) is 11.3 Å². The van der Waals surface area contributed by atoms with E-state index in [1.54, 1.807) is 0 Å². The van der Waals surface area contributed by atoms with Crippen molar-refractivity contribution < 1.29 is 4.74 Å². The molecule has 17 heavy (non-hydrogen) atoms. The normalized spacial score (nSPS) is 27.1. The van der Waals surface area contributed by atoms with Crippen molar-refractivity contribution in [3.8, 4) is 0 Å². The van der Waals surface area contributed by atoms with Crippen LogP contribution in [0.2, 0.25) is 0 Å². The smallest absolute Gasteiger partial charge is 0.0731 e. The number of hydrogen-bond acceptors (Lipinski definition) is 3. The molecule has 2 nitrogen and oxygen atoms in total. The molecule has 1 N–H and O–H groups in total. The number of hydrogen-bond donors (Lipinski definition) is 1. The average molecular weight is 318 g/mol. The molecule has 0 saturated carbocycles. The third kappa shape index (κ3) is 2.92. The van der Waals surface area contributed by atoms with Crippen LogP contribution < -0.4 is 5.32 Å². The highest BCUT2D eigenvalue weighted by molar-refractivity contribution is 9.11. The van der Waals surface area contributed by atoms with E-state index in [9.17, 15) is 0 Å². The Morgan fingerprint density at radius 3 is 2.88 bits per heavy atom. The summed E-state index contributed by atoms with van der Waals surface area (Å²) < 4.78 is 6.79. The highest BCUT2D eigenvalue weighted by Gasteiger charge is 2.30. The minimum absolute atomic E-state index is 0.462. The highest BCUT2D eigenvalue weighted by atomic mass is 79.9. The third-order valence-electron chi connectivity index (χ3n) is 3.63. The quantitative estimate of drug-likeness (QED) is 0.916. The van der Waals surface area contributed by atoms with Gasteiger partial charge in [0, 0.05) is 24.1 Å². The minimum atomic E-state index is 0.462. The molecule has 0 spiro atoms. The predicted molar refractivity (Wildman–Crippen MR) is 76.6 cm³/mol. The van der Waals surface area contributed by atoms with Crippen LogP contribution in [-0.2, 0) is 4.74 Å². The fourth-order valence-corrected chi connectivity index (χ4v) is 4.35. The second-order valence-electron chi connectivity index (χ2n) is 4.88. The highest BCUT2D eigenvalue weighted by Crippen LogP contribution is 2.39. The van der Waals surface area contributed by atoms with E-state index in [1.165, 1.54) is 14.2 Å². The minimum Gasteiger partial charge on any atom is -0.381 e. The van der Waals surface area contributed by atoms with E-state index < -0.39 is 0 Å². The van der Waals surface area contributed by atoms with Gasteiger partial charge in [-0.05, 0) is 59.8 Å². The maximum atomic E-state index is 5.54. The van der Waals surface area contributed by atoms with Gasteiger partial charge in [0.15, 0.2) is 0 Å². The first-order chi connectivity index (χ1) is 8.13. The number of nitrogens with one attached hydrogen (secondary N) is 1. The van der Waals surface area contributed by atoms with Crippen LogP contribution in [0.1, 0.15) is 29.8 Å². The van der Waals surface area contributed by atoms with Gasteiger partial charge < -0.3 is 10.1 Å². The fraction of sp³-hybridized carbons (Fsp3) is 0.692. The Labute approximate surface area is 116 Å². The molecule has 3 atom stereocenters. The topological polar surface area (TPSA) is 21.3 Å². The molecule has 96 valence electrons. The van der Waals surface area contributed by atoms with Crippen LogP contribution in [0.4, 0.5) is 0 Å². The van der Waals surface area contributed by atoms with Crippen molar-refractivity contribution in [3.63, 3.8) is 0 Å². The Hall–Kier alpha value is 0.1000. The summed E-state index contributed by atoms with van der Waals surface area (Å²) in [5, 5.41) is 3.49. The summed E-state index contributed by atoms with van der Waals surface area (Å²) in [6, 6.07) is 2.77. The molecule has 1 aromatic rings. The summed E-state index contributed by atoms with van der Waals surface area (Å²) in [5.74, 6) is 1.31. The monoisotopic (exact) mass is 317 g/mol. The van der Waals surface area contributed by atoms with Crippen LogP contribution in [0.25, 0.3) is 0 Å². The van der Waals surface area contributed by atoms with Crippen LogP contribution in [-0.4, -0.2) is 20.3 Å². The fourth-order valence-electron chi connectivity index (χ4n) is 2.60. The Kier molecular flexibility index (Phi) is 4.64. The lowest BCUT2D eigenvalue weighted by atomic mass is 9.83. The van der Waals surface area contributed by atoms with Crippen molar-refractivity contribution in [2.75, 3.05) is 20.3 Å². The predicted octanol–water partition coefficient (Wildman–Crippen LogP) is 3.75. The van der Waals surface area contributed by atoms with Crippen LogP contribution in [0.3, 0.4) is 0 Å². The standard InChI is InChI=1S/C13H20BrNOS/c1-8-6-11(17-13(8)14)12(15-3)10-4-5-16-7-9(10)2/h6,9-10,12,15H,4-5,7H2,1-3H3. The number of thiophene rings is 1. The Morgan fingerprint density at radius 1 is 1.59 bits per heavy atom. The SMILES string of the molecule is CNC(c1cc(C)c(Br)s1)C1CCOCC1C. The van der Waals surface area contributed by atoms with Crippen molar-refractivity contribution in [2.45, 2.75) is 26.3 Å². The molecule has 0 radical (unpaired) electrons. The van der Waals surface area contributed by atoms with Crippen molar-refractivity contribution in [1.82, 2.24) is 5.32 Å². The molecule has 0 aromatic carbocycles. The maximum Gasteiger partial charge on any atom is 0.0731 e. The van der Waals surface area contributed by atoms with E-state index in [2.05, 4.69) is 48.2 Å². The Bertz CT molecular complexity index is 360. The Morgan fingerprint density at radius 2 is 2.35 bits per heavy atom. The zero-order chi connectivity index (χ0) is 12.4. The number of halogens is 1. The van der Waals surface area contributed by atoms with Gasteiger partial charge in [0.2, 0.25) is 0 Å². The zero-order valence-electron chi connectivity index (χ0n) is 10.6. The molecule has 1 saturated heterocycles. The molecule has 0 aliphatic carbocycles. The molecule has 1 fully saturated rings. The molecule has 1 aliphatic heterocycles. The van der Waals surface area contributed by atoms with E-state index in [0.717, 1.165) is 19.6 Å². The van der Waals surface area contributed by atoms with Gasteiger partial charge in [-0.1, -0.05) is 6.92 Å². The second-order valence-corrected chi connectivity index (χ2v) is 7.28. The van der Waals surface area contributed by atoms with Crippen molar-refractivity contribution in [1.29, 1.82) is 0 Å². The lowest BCUT2D eigenvalue weighted by molar-refractivity contribution is 0.0120. The molecule has 4 heteroatoms. The van der Waals surface area contributed by atoms with Gasteiger partial charge in [0.25, 0.3) is 0 Å². The van der Waals surface area contributed by atoms with Gasteiger partial charge in [-0.2, -0.15) is 0 Å². The van der Waals surface area contributed by atoms with Crippen molar-refractivity contribution >= 4 is 27.3 Å². The number of ether oxygens (including phenoxy) is 1.